The molecule has 0 saturated carbocycles. The van der Waals surface area contributed by atoms with Gasteiger partial charge in [-0.3, -0.25) is 9.11 Å². The smallest absolute Gasteiger partial charge is 0.118 e. The van der Waals surface area contributed by atoms with E-state index in [0.717, 1.165) is 36.4 Å². The third kappa shape index (κ3) is 3.97. The van der Waals surface area contributed by atoms with E-state index in [2.05, 4.69) is 42.8 Å². The lowest BCUT2D eigenvalue weighted by atomic mass is 9.93. The van der Waals surface area contributed by atoms with Gasteiger partial charge in [-0.2, -0.15) is 0 Å². The van der Waals surface area contributed by atoms with E-state index < -0.39 is 9.52 Å². The second kappa shape index (κ2) is 6.75. The summed E-state index contributed by atoms with van der Waals surface area (Å²) >= 11 is 0. The summed E-state index contributed by atoms with van der Waals surface area (Å²) in [6.07, 6.45) is 3.72. The van der Waals surface area contributed by atoms with Crippen LogP contribution in [0.25, 0.3) is 0 Å². The van der Waals surface area contributed by atoms with E-state index in [0.29, 0.717) is 5.75 Å². The average molecular weight is 372 g/mol. The number of hydrogen-bond acceptors (Lipinski definition) is 3. The Labute approximate surface area is 157 Å². The highest BCUT2D eigenvalue weighted by molar-refractivity contribution is 7.99. The number of aryl methyl sites for hydroxylation is 2. The molecule has 2 aromatic rings. The Morgan fingerprint density at radius 3 is 2.50 bits per heavy atom. The molecule has 1 N–H and O–H groups in total. The predicted octanol–water partition coefficient (Wildman–Crippen LogP) is 4.13. The Kier molecular flexibility index (Phi) is 4.93. The van der Waals surface area contributed by atoms with Crippen molar-refractivity contribution in [2.45, 2.75) is 57.1 Å². The molecule has 3 nitrogen and oxygen atoms in total. The van der Waals surface area contributed by atoms with Gasteiger partial charge in [0.2, 0.25) is 0 Å². The Hall–Kier alpha value is -1.78. The van der Waals surface area contributed by atoms with Crippen LogP contribution in [-0.4, -0.2) is 31.9 Å². The lowest BCUT2D eigenvalue weighted by Crippen LogP contribution is -2.40. The topological polar surface area (TPSA) is 40.5 Å². The number of aromatic hydroxyl groups is 1. The molecule has 0 fully saturated rings. The molecule has 0 aliphatic carbocycles. The molecule has 0 spiro atoms. The molecule has 0 bridgehead atoms. The SMILES string of the molecule is C=S(C)(=O)c1ccc2c(c1)CN(C(C)(C)CCc1ccc(O)c(C)c1)C2. The van der Waals surface area contributed by atoms with Crippen molar-refractivity contribution >= 4 is 15.4 Å². The van der Waals surface area contributed by atoms with E-state index in [-0.39, 0.29) is 5.54 Å². The van der Waals surface area contributed by atoms with Crippen molar-refractivity contribution in [3.05, 3.63) is 58.7 Å². The first-order valence-electron chi connectivity index (χ1n) is 9.04. The molecule has 3 rings (SSSR count). The largest absolute Gasteiger partial charge is 0.508 e. The van der Waals surface area contributed by atoms with E-state index >= 15 is 0 Å². The van der Waals surface area contributed by atoms with Crippen molar-refractivity contribution in [3.8, 4) is 5.75 Å². The van der Waals surface area contributed by atoms with Gasteiger partial charge in [0.05, 0.1) is 0 Å². The van der Waals surface area contributed by atoms with E-state index in [4.69, 9.17) is 0 Å². The molecular formula is C22H29NO2S. The first kappa shape index (κ1) is 19.0. The maximum atomic E-state index is 12.2. The third-order valence-corrected chi connectivity index (χ3v) is 6.79. The molecule has 2 aromatic carbocycles. The maximum absolute atomic E-state index is 12.2. The Morgan fingerprint density at radius 2 is 1.85 bits per heavy atom. The van der Waals surface area contributed by atoms with Crippen LogP contribution in [0, 0.1) is 6.92 Å². The molecule has 1 aliphatic heterocycles. The molecular weight excluding hydrogens is 342 g/mol. The van der Waals surface area contributed by atoms with Crippen molar-refractivity contribution in [2.75, 3.05) is 6.26 Å². The minimum absolute atomic E-state index is 0.0586. The monoisotopic (exact) mass is 371 g/mol. The number of nitrogens with zero attached hydrogens (tertiary/aromatic N) is 1. The molecule has 0 radical (unpaired) electrons. The molecule has 0 aromatic heterocycles. The summed E-state index contributed by atoms with van der Waals surface area (Å²) in [4.78, 5) is 3.34. The lowest BCUT2D eigenvalue weighted by Gasteiger charge is -2.35. The quantitative estimate of drug-likeness (QED) is 0.803. The molecule has 4 heteroatoms. The summed E-state index contributed by atoms with van der Waals surface area (Å²) in [5.74, 6) is 4.16. The highest BCUT2D eigenvalue weighted by Gasteiger charge is 2.31. The van der Waals surface area contributed by atoms with E-state index in [1.807, 2.05) is 19.1 Å². The Bertz CT molecular complexity index is 929. The Morgan fingerprint density at radius 1 is 1.15 bits per heavy atom. The van der Waals surface area contributed by atoms with Crippen LogP contribution in [0.15, 0.2) is 41.3 Å². The zero-order chi connectivity index (χ0) is 19.1. The first-order chi connectivity index (χ1) is 12.1. The predicted molar refractivity (Wildman–Crippen MR) is 110 cm³/mol. The number of fused-ring (bicyclic) bond motifs is 1. The van der Waals surface area contributed by atoms with Crippen molar-refractivity contribution in [2.24, 2.45) is 0 Å². The Balaban J connectivity index is 1.71. The molecule has 1 atom stereocenters. The van der Waals surface area contributed by atoms with Gasteiger partial charge in [0, 0.05) is 29.8 Å². The maximum Gasteiger partial charge on any atom is 0.118 e. The van der Waals surface area contributed by atoms with Crippen molar-refractivity contribution in [3.63, 3.8) is 0 Å². The second-order valence-corrected chi connectivity index (χ2v) is 10.7. The standard InChI is InChI=1S/C22H29NO2S/c1-16-12-17(6-9-21(16)24)10-11-22(2,3)23-14-18-7-8-20(26(4,5)25)13-19(18)15-23/h6-9,12-13,24H,4,10-11,14-15H2,1-3,5H3. The van der Waals surface area contributed by atoms with Crippen LogP contribution >= 0.6 is 0 Å². The summed E-state index contributed by atoms with van der Waals surface area (Å²) in [6, 6.07) is 12.0. The molecule has 140 valence electrons. The summed E-state index contributed by atoms with van der Waals surface area (Å²) in [7, 11) is -2.17. The van der Waals surface area contributed by atoms with Crippen molar-refractivity contribution < 1.29 is 9.32 Å². The third-order valence-electron chi connectivity index (χ3n) is 5.54. The van der Waals surface area contributed by atoms with Gasteiger partial charge in [0.25, 0.3) is 0 Å². The molecule has 26 heavy (non-hydrogen) atoms. The van der Waals surface area contributed by atoms with Gasteiger partial charge in [-0.15, -0.1) is 0 Å². The molecule has 0 saturated heterocycles. The molecule has 0 amide bonds. The van der Waals surface area contributed by atoms with Crippen LogP contribution < -0.4 is 0 Å². The van der Waals surface area contributed by atoms with E-state index in [1.54, 1.807) is 12.3 Å². The fraction of sp³-hybridized carbons (Fsp3) is 0.409. The summed E-state index contributed by atoms with van der Waals surface area (Å²) < 4.78 is 12.2. The minimum atomic E-state index is -2.17. The number of phenolic OH excluding ortho intramolecular Hbond substituents is 1. The van der Waals surface area contributed by atoms with Crippen LogP contribution in [0.2, 0.25) is 0 Å². The zero-order valence-corrected chi connectivity index (χ0v) is 17.0. The fourth-order valence-corrected chi connectivity index (χ4v) is 4.30. The van der Waals surface area contributed by atoms with Gasteiger partial charge in [-0.05, 0) is 89.5 Å². The van der Waals surface area contributed by atoms with Crippen molar-refractivity contribution in [1.29, 1.82) is 0 Å². The van der Waals surface area contributed by atoms with E-state index in [1.165, 1.54) is 16.7 Å². The average Bonchev–Trinajstić information content (AvgIpc) is 2.99. The minimum Gasteiger partial charge on any atom is -0.508 e. The second-order valence-electron chi connectivity index (χ2n) is 8.22. The van der Waals surface area contributed by atoms with Gasteiger partial charge < -0.3 is 5.11 Å². The van der Waals surface area contributed by atoms with Crippen molar-refractivity contribution in [1.82, 2.24) is 4.90 Å². The number of benzene rings is 2. The number of hydrogen-bond donors (Lipinski definition) is 1. The van der Waals surface area contributed by atoms with Gasteiger partial charge in [-0.25, -0.2) is 0 Å². The summed E-state index contributed by atoms with van der Waals surface area (Å²) in [5.41, 5.74) is 4.84. The van der Waals surface area contributed by atoms with Gasteiger partial charge >= 0.3 is 0 Å². The van der Waals surface area contributed by atoms with Crippen LogP contribution in [0.5, 0.6) is 5.75 Å². The lowest BCUT2D eigenvalue weighted by molar-refractivity contribution is 0.109. The number of phenols is 1. The molecule has 1 unspecified atom stereocenters. The van der Waals surface area contributed by atoms with Crippen LogP contribution in [-0.2, 0) is 29.0 Å². The van der Waals surface area contributed by atoms with Gasteiger partial charge in [-0.1, -0.05) is 18.2 Å². The zero-order valence-electron chi connectivity index (χ0n) is 16.2. The summed E-state index contributed by atoms with van der Waals surface area (Å²) in [5, 5.41) is 9.69. The normalized spacial score (nSPS) is 17.1. The summed E-state index contributed by atoms with van der Waals surface area (Å²) in [6.45, 7) is 8.33. The van der Waals surface area contributed by atoms with Crippen LogP contribution in [0.3, 0.4) is 0 Å². The first-order valence-corrected chi connectivity index (χ1v) is 11.2. The number of rotatable bonds is 5. The highest BCUT2D eigenvalue weighted by atomic mass is 32.2. The van der Waals surface area contributed by atoms with E-state index in [9.17, 15) is 9.32 Å². The van der Waals surface area contributed by atoms with Crippen LogP contribution in [0.1, 0.15) is 42.5 Å². The molecule has 1 aliphatic rings. The van der Waals surface area contributed by atoms with Gasteiger partial charge in [0.1, 0.15) is 5.75 Å². The fourth-order valence-electron chi connectivity index (χ4n) is 3.55. The van der Waals surface area contributed by atoms with Crippen LogP contribution in [0.4, 0.5) is 0 Å². The highest BCUT2D eigenvalue weighted by Crippen LogP contribution is 2.33. The molecule has 1 heterocycles. The van der Waals surface area contributed by atoms with Gasteiger partial charge in [0.15, 0.2) is 0 Å².